The third-order valence-electron chi connectivity index (χ3n) is 1.32. The molecule has 1 rings (SSSR count). The molecule has 0 saturated heterocycles. The van der Waals surface area contributed by atoms with Crippen molar-refractivity contribution >= 4 is 16.2 Å². The fraction of sp³-hybridized carbons (Fsp3) is 0.125. The summed E-state index contributed by atoms with van der Waals surface area (Å²) < 4.78 is 29.6. The van der Waals surface area contributed by atoms with Crippen LogP contribution in [0.4, 0.5) is 0 Å². The minimum absolute atomic E-state index is 0.0666. The minimum atomic E-state index is -4.02. The van der Waals surface area contributed by atoms with Crippen molar-refractivity contribution in [2.24, 2.45) is 0 Å². The van der Waals surface area contributed by atoms with Crippen molar-refractivity contribution < 1.29 is 17.8 Å². The zero-order chi connectivity index (χ0) is 11.2. The van der Waals surface area contributed by atoms with Gasteiger partial charge < -0.3 is 0 Å². The van der Waals surface area contributed by atoms with E-state index in [0.29, 0.717) is 0 Å². The largest absolute Gasteiger partial charge is 0.294 e. The molecule has 0 radical (unpaired) electrons. The van der Waals surface area contributed by atoms with Gasteiger partial charge in [-0.05, 0) is 19.1 Å². The van der Waals surface area contributed by atoms with E-state index in [-0.39, 0.29) is 4.90 Å². The van der Waals surface area contributed by atoms with E-state index in [1.807, 2.05) is 6.92 Å². The van der Waals surface area contributed by atoms with E-state index in [0.717, 1.165) is 11.6 Å². The van der Waals surface area contributed by atoms with Gasteiger partial charge in [0.1, 0.15) is 0 Å². The molecule has 0 aliphatic carbocycles. The molecule has 14 heavy (non-hydrogen) atoms. The molecular formula is C8H9NO4S. The lowest BCUT2D eigenvalue weighted by Gasteiger charge is -1.95. The first-order valence-electron chi connectivity index (χ1n) is 3.50. The van der Waals surface area contributed by atoms with Crippen LogP contribution in [0.3, 0.4) is 0 Å². The number of nitrogens with one attached hydrogen (secondary N) is 1. The summed E-state index contributed by atoms with van der Waals surface area (Å²) in [4.78, 5) is 8.28. The highest BCUT2D eigenvalue weighted by Gasteiger charge is 2.06. The Morgan fingerprint density at radius 2 is 1.64 bits per heavy atom. The van der Waals surface area contributed by atoms with Crippen LogP contribution >= 0.6 is 0 Å². The van der Waals surface area contributed by atoms with Crippen molar-refractivity contribution in [3.63, 3.8) is 0 Å². The molecule has 0 aliphatic heterocycles. The molecule has 0 aromatic heterocycles. The molecule has 0 unspecified atom stereocenters. The number of rotatable bonds is 1. The van der Waals surface area contributed by atoms with Crippen LogP contribution in [0.15, 0.2) is 29.2 Å². The maximum atomic E-state index is 10.5. The van der Waals surface area contributed by atoms with Crippen molar-refractivity contribution in [1.29, 1.82) is 5.41 Å². The topological polar surface area (TPSA) is 95.3 Å². The third-order valence-corrected chi connectivity index (χ3v) is 2.19. The predicted molar refractivity (Wildman–Crippen MR) is 49.4 cm³/mol. The van der Waals surface area contributed by atoms with E-state index in [1.54, 1.807) is 12.1 Å². The predicted octanol–water partition coefficient (Wildman–Crippen LogP) is 1.14. The Balaban J connectivity index is 0.000000500. The molecule has 0 fully saturated rings. The van der Waals surface area contributed by atoms with Crippen molar-refractivity contribution in [2.75, 3.05) is 0 Å². The molecule has 1 aromatic rings. The van der Waals surface area contributed by atoms with Gasteiger partial charge in [-0.25, -0.2) is 10.2 Å². The monoisotopic (exact) mass is 215 g/mol. The van der Waals surface area contributed by atoms with Gasteiger partial charge in [-0.1, -0.05) is 17.7 Å². The molecule has 0 amide bonds. The summed E-state index contributed by atoms with van der Waals surface area (Å²) in [7, 11) is -4.02. The maximum Gasteiger partial charge on any atom is 0.294 e. The Morgan fingerprint density at radius 3 is 1.93 bits per heavy atom. The first-order chi connectivity index (χ1) is 6.41. The lowest BCUT2D eigenvalue weighted by Crippen LogP contribution is -1.96. The van der Waals surface area contributed by atoms with Gasteiger partial charge in [-0.3, -0.25) is 4.55 Å². The van der Waals surface area contributed by atoms with Crippen LogP contribution in [0.5, 0.6) is 0 Å². The van der Waals surface area contributed by atoms with Crippen LogP contribution in [0.2, 0.25) is 0 Å². The Morgan fingerprint density at radius 1 is 1.29 bits per heavy atom. The zero-order valence-electron chi connectivity index (χ0n) is 7.39. The van der Waals surface area contributed by atoms with Crippen LogP contribution in [-0.2, 0) is 14.9 Å². The molecule has 76 valence electrons. The number of aryl methyl sites for hydroxylation is 1. The third kappa shape index (κ3) is 4.51. The molecule has 0 atom stereocenters. The van der Waals surface area contributed by atoms with Gasteiger partial charge >= 0.3 is 0 Å². The Bertz CT molecular complexity index is 415. The van der Waals surface area contributed by atoms with E-state index in [2.05, 4.69) is 0 Å². The molecule has 0 saturated carbocycles. The van der Waals surface area contributed by atoms with Gasteiger partial charge in [0.25, 0.3) is 10.1 Å². The normalized spacial score (nSPS) is 9.57. The van der Waals surface area contributed by atoms with Crippen LogP contribution < -0.4 is 0 Å². The standard InChI is InChI=1S/C7H8O3S.CHNO/c1-6-2-4-7(5-3-6)11(8,9)10;2-1-3/h2-5H,1H3,(H,8,9,10);2H. The number of isocyanates is 1. The molecule has 0 spiro atoms. The first kappa shape index (κ1) is 12.5. The number of carbonyl (C=O) groups excluding carboxylic acids is 1. The molecule has 0 bridgehead atoms. The molecule has 6 heteroatoms. The molecule has 0 aliphatic rings. The van der Waals surface area contributed by atoms with Crippen LogP contribution in [0, 0.1) is 12.3 Å². The second kappa shape index (κ2) is 5.29. The average Bonchev–Trinajstić information content (AvgIpc) is 2.04. The Labute approximate surface area is 81.6 Å². The summed E-state index contributed by atoms with van der Waals surface area (Å²) in [6, 6.07) is 5.99. The van der Waals surface area contributed by atoms with Crippen LogP contribution in [0.25, 0.3) is 0 Å². The SMILES string of the molecule is Cc1ccc(S(=O)(=O)O)cc1.N=C=O. The Kier molecular flexibility index (Phi) is 4.72. The highest BCUT2D eigenvalue weighted by molar-refractivity contribution is 7.85. The highest BCUT2D eigenvalue weighted by atomic mass is 32.2. The van der Waals surface area contributed by atoms with E-state index in [1.165, 1.54) is 12.1 Å². The lowest BCUT2D eigenvalue weighted by molar-refractivity contribution is 0.483. The lowest BCUT2D eigenvalue weighted by atomic mass is 10.2. The van der Waals surface area contributed by atoms with E-state index < -0.39 is 10.1 Å². The van der Waals surface area contributed by atoms with Gasteiger partial charge in [0, 0.05) is 0 Å². The highest BCUT2D eigenvalue weighted by Crippen LogP contribution is 2.08. The van der Waals surface area contributed by atoms with Crippen molar-refractivity contribution in [2.45, 2.75) is 11.8 Å². The minimum Gasteiger partial charge on any atom is -0.282 e. The molecule has 0 heterocycles. The summed E-state index contributed by atoms with van der Waals surface area (Å²) >= 11 is 0. The van der Waals surface area contributed by atoms with Crippen molar-refractivity contribution in [1.82, 2.24) is 0 Å². The van der Waals surface area contributed by atoms with Crippen molar-refractivity contribution in [3.05, 3.63) is 29.8 Å². The van der Waals surface area contributed by atoms with E-state index >= 15 is 0 Å². The fourth-order valence-corrected chi connectivity index (χ4v) is 1.19. The summed E-state index contributed by atoms with van der Waals surface area (Å²) in [5, 5.41) is 5.40. The average molecular weight is 215 g/mol. The molecule has 2 N–H and O–H groups in total. The summed E-state index contributed by atoms with van der Waals surface area (Å²) in [5.74, 6) is 0. The number of hydrogen-bond acceptors (Lipinski definition) is 4. The van der Waals surface area contributed by atoms with Gasteiger partial charge in [0.2, 0.25) is 6.08 Å². The van der Waals surface area contributed by atoms with E-state index in [4.69, 9.17) is 14.8 Å². The smallest absolute Gasteiger partial charge is 0.282 e. The number of benzene rings is 1. The van der Waals surface area contributed by atoms with Crippen LogP contribution in [0.1, 0.15) is 5.56 Å². The van der Waals surface area contributed by atoms with Crippen molar-refractivity contribution in [3.8, 4) is 0 Å². The quantitative estimate of drug-likeness (QED) is 0.417. The summed E-state index contributed by atoms with van der Waals surface area (Å²) in [6.07, 6.45) is 0.750. The second-order valence-electron chi connectivity index (χ2n) is 2.39. The van der Waals surface area contributed by atoms with Gasteiger partial charge in [-0.2, -0.15) is 8.42 Å². The molecular weight excluding hydrogens is 206 g/mol. The zero-order valence-corrected chi connectivity index (χ0v) is 8.21. The van der Waals surface area contributed by atoms with Crippen LogP contribution in [-0.4, -0.2) is 19.1 Å². The van der Waals surface area contributed by atoms with Gasteiger partial charge in [0.05, 0.1) is 4.90 Å². The summed E-state index contributed by atoms with van der Waals surface area (Å²) in [5.41, 5.74) is 0.956. The summed E-state index contributed by atoms with van der Waals surface area (Å²) in [6.45, 7) is 1.84. The maximum absolute atomic E-state index is 10.5. The molecule has 5 nitrogen and oxygen atoms in total. The van der Waals surface area contributed by atoms with Gasteiger partial charge in [0.15, 0.2) is 0 Å². The van der Waals surface area contributed by atoms with Gasteiger partial charge in [-0.15, -0.1) is 0 Å². The fourth-order valence-electron chi connectivity index (χ4n) is 0.710. The van der Waals surface area contributed by atoms with E-state index in [9.17, 15) is 8.42 Å². The second-order valence-corrected chi connectivity index (χ2v) is 3.81. The number of hydrogen-bond donors (Lipinski definition) is 2. The Hall–Kier alpha value is -1.49. The first-order valence-corrected chi connectivity index (χ1v) is 4.94. The molecule has 1 aromatic carbocycles.